The minimum atomic E-state index is 0.112. The summed E-state index contributed by atoms with van der Waals surface area (Å²) in [6.07, 6.45) is 3.46. The molecule has 1 aromatic heterocycles. The van der Waals surface area contributed by atoms with E-state index < -0.39 is 0 Å². The lowest BCUT2D eigenvalue weighted by atomic mass is 10.1. The highest BCUT2D eigenvalue weighted by Crippen LogP contribution is 2.19. The van der Waals surface area contributed by atoms with Crippen molar-refractivity contribution >= 4 is 16.9 Å². The normalized spacial score (nSPS) is 16.4. The molecule has 0 radical (unpaired) electrons. The summed E-state index contributed by atoms with van der Waals surface area (Å²) in [5, 5.41) is 0. The van der Waals surface area contributed by atoms with Crippen LogP contribution in [0.3, 0.4) is 0 Å². The average Bonchev–Trinajstić information content (AvgIpc) is 2.48. The molecule has 0 saturated carbocycles. The number of aromatic nitrogens is 2. The molecule has 0 bridgehead atoms. The zero-order valence-electron chi connectivity index (χ0n) is 11.5. The summed E-state index contributed by atoms with van der Waals surface area (Å²) in [4.78, 5) is 21.9. The molecule has 0 N–H and O–H groups in total. The molecule has 0 unspecified atom stereocenters. The van der Waals surface area contributed by atoms with Crippen LogP contribution in [0.25, 0.3) is 11.0 Å². The highest BCUT2D eigenvalue weighted by Gasteiger charge is 2.22. The zero-order chi connectivity index (χ0) is 13.9. The molecule has 1 aliphatic rings. The monoisotopic (exact) mass is 271 g/mol. The average molecular weight is 271 g/mol. The van der Waals surface area contributed by atoms with Gasteiger partial charge in [-0.25, -0.2) is 9.97 Å². The lowest BCUT2D eigenvalue weighted by Gasteiger charge is -2.31. The van der Waals surface area contributed by atoms with Crippen LogP contribution in [0.4, 0.5) is 0 Å². The van der Waals surface area contributed by atoms with Crippen molar-refractivity contribution in [1.29, 1.82) is 0 Å². The molecule has 0 aliphatic carbocycles. The molecule has 3 rings (SSSR count). The van der Waals surface area contributed by atoms with Gasteiger partial charge < -0.3 is 9.64 Å². The summed E-state index contributed by atoms with van der Waals surface area (Å²) in [5.41, 5.74) is 1.71. The number of carbonyl (C=O) groups excluding carboxylic acids is 1. The number of carbonyl (C=O) groups is 1. The van der Waals surface area contributed by atoms with Crippen LogP contribution in [-0.4, -0.2) is 40.0 Å². The number of fused-ring (bicyclic) bond motifs is 1. The summed E-state index contributed by atoms with van der Waals surface area (Å²) in [5.74, 6) is 0.693. The van der Waals surface area contributed by atoms with Crippen molar-refractivity contribution in [2.24, 2.45) is 0 Å². The predicted molar refractivity (Wildman–Crippen MR) is 75.4 cm³/mol. The van der Waals surface area contributed by atoms with Crippen molar-refractivity contribution in [3.63, 3.8) is 0 Å². The zero-order valence-corrected chi connectivity index (χ0v) is 11.5. The van der Waals surface area contributed by atoms with Gasteiger partial charge in [-0.05, 0) is 12.1 Å². The van der Waals surface area contributed by atoms with Crippen molar-refractivity contribution < 1.29 is 9.53 Å². The Bertz CT molecular complexity index is 621. The van der Waals surface area contributed by atoms with Crippen LogP contribution in [0.5, 0.6) is 5.88 Å². The van der Waals surface area contributed by atoms with E-state index in [-0.39, 0.29) is 12.0 Å². The van der Waals surface area contributed by atoms with Crippen molar-refractivity contribution in [2.45, 2.75) is 25.9 Å². The van der Waals surface area contributed by atoms with Gasteiger partial charge in [0, 0.05) is 32.9 Å². The summed E-state index contributed by atoms with van der Waals surface area (Å²) >= 11 is 0. The molecule has 2 heterocycles. The van der Waals surface area contributed by atoms with Gasteiger partial charge >= 0.3 is 0 Å². The highest BCUT2D eigenvalue weighted by molar-refractivity contribution is 5.74. The van der Waals surface area contributed by atoms with Crippen molar-refractivity contribution in [1.82, 2.24) is 14.9 Å². The molecule has 1 aliphatic heterocycles. The molecular weight excluding hydrogens is 254 g/mol. The number of benzene rings is 1. The van der Waals surface area contributed by atoms with E-state index >= 15 is 0 Å². The smallest absolute Gasteiger partial charge is 0.233 e. The third-order valence-corrected chi connectivity index (χ3v) is 3.60. The molecule has 5 nitrogen and oxygen atoms in total. The fourth-order valence-corrected chi connectivity index (χ4v) is 2.46. The van der Waals surface area contributed by atoms with Gasteiger partial charge in [-0.15, -0.1) is 0 Å². The van der Waals surface area contributed by atoms with E-state index in [4.69, 9.17) is 4.74 Å². The number of nitrogens with zero attached hydrogens (tertiary/aromatic N) is 3. The van der Waals surface area contributed by atoms with Gasteiger partial charge in [-0.2, -0.15) is 0 Å². The number of piperidine rings is 1. The van der Waals surface area contributed by atoms with Crippen LogP contribution >= 0.6 is 0 Å². The van der Waals surface area contributed by atoms with Crippen LogP contribution in [0.2, 0.25) is 0 Å². The standard InChI is InChI=1S/C15H17N3O2/c1-11(19)18-8-6-12(7-9-18)20-15-10-16-13-4-2-3-5-14(13)17-15/h2-5,10,12H,6-9H2,1H3. The van der Waals surface area contributed by atoms with Gasteiger partial charge in [0.15, 0.2) is 0 Å². The van der Waals surface area contributed by atoms with Gasteiger partial charge in [0.2, 0.25) is 11.8 Å². The topological polar surface area (TPSA) is 55.3 Å². The lowest BCUT2D eigenvalue weighted by molar-refractivity contribution is -0.130. The molecule has 1 fully saturated rings. The number of likely N-dealkylation sites (tertiary alicyclic amines) is 1. The number of ether oxygens (including phenoxy) is 1. The van der Waals surface area contributed by atoms with Crippen LogP contribution in [-0.2, 0) is 4.79 Å². The second-order valence-corrected chi connectivity index (χ2v) is 5.02. The van der Waals surface area contributed by atoms with Crippen molar-refractivity contribution in [3.05, 3.63) is 30.5 Å². The number of rotatable bonds is 2. The Morgan fingerprint density at radius 1 is 1.25 bits per heavy atom. The Labute approximate surface area is 117 Å². The molecule has 2 aromatic rings. The third kappa shape index (κ3) is 2.71. The molecule has 104 valence electrons. The first kappa shape index (κ1) is 12.8. The first-order valence-electron chi connectivity index (χ1n) is 6.86. The Hall–Kier alpha value is -2.17. The summed E-state index contributed by atoms with van der Waals surface area (Å²) in [7, 11) is 0. The molecule has 0 atom stereocenters. The van der Waals surface area contributed by atoms with E-state index in [0.717, 1.165) is 37.0 Å². The van der Waals surface area contributed by atoms with Gasteiger partial charge in [0.05, 0.1) is 17.2 Å². The largest absolute Gasteiger partial charge is 0.473 e. The molecule has 1 amide bonds. The summed E-state index contributed by atoms with van der Waals surface area (Å²) in [6, 6.07) is 7.73. The number of amides is 1. The maximum Gasteiger partial charge on any atom is 0.233 e. The third-order valence-electron chi connectivity index (χ3n) is 3.60. The minimum absolute atomic E-state index is 0.112. The van der Waals surface area contributed by atoms with E-state index in [1.54, 1.807) is 13.1 Å². The van der Waals surface area contributed by atoms with E-state index in [1.165, 1.54) is 0 Å². The Balaban J connectivity index is 1.66. The number of para-hydroxylation sites is 2. The highest BCUT2D eigenvalue weighted by atomic mass is 16.5. The second kappa shape index (κ2) is 5.45. The molecule has 20 heavy (non-hydrogen) atoms. The summed E-state index contributed by atoms with van der Waals surface area (Å²) < 4.78 is 5.88. The molecule has 5 heteroatoms. The van der Waals surface area contributed by atoms with Gasteiger partial charge in [-0.1, -0.05) is 12.1 Å². The molecule has 1 aromatic carbocycles. The first-order valence-corrected chi connectivity index (χ1v) is 6.86. The Morgan fingerprint density at radius 3 is 2.65 bits per heavy atom. The summed E-state index contributed by atoms with van der Waals surface area (Å²) in [6.45, 7) is 3.11. The van der Waals surface area contributed by atoms with Gasteiger partial charge in [0.25, 0.3) is 0 Å². The maximum atomic E-state index is 11.3. The van der Waals surface area contributed by atoms with Crippen LogP contribution in [0.15, 0.2) is 30.5 Å². The maximum absolute atomic E-state index is 11.3. The fraction of sp³-hybridized carbons (Fsp3) is 0.400. The lowest BCUT2D eigenvalue weighted by Crippen LogP contribution is -2.40. The minimum Gasteiger partial charge on any atom is -0.473 e. The SMILES string of the molecule is CC(=O)N1CCC(Oc2cnc3ccccc3n2)CC1. The Kier molecular flexibility index (Phi) is 3.50. The van der Waals surface area contributed by atoms with Crippen LogP contribution in [0, 0.1) is 0 Å². The Morgan fingerprint density at radius 2 is 1.95 bits per heavy atom. The van der Waals surface area contributed by atoms with E-state index in [2.05, 4.69) is 9.97 Å². The molecule has 0 spiro atoms. The van der Waals surface area contributed by atoms with E-state index in [0.29, 0.717) is 5.88 Å². The van der Waals surface area contributed by atoms with Gasteiger partial charge in [-0.3, -0.25) is 4.79 Å². The second-order valence-electron chi connectivity index (χ2n) is 5.02. The van der Waals surface area contributed by atoms with Gasteiger partial charge in [0.1, 0.15) is 6.10 Å². The number of hydrogen-bond donors (Lipinski definition) is 0. The first-order chi connectivity index (χ1) is 9.72. The molecule has 1 saturated heterocycles. The predicted octanol–water partition coefficient (Wildman–Crippen LogP) is 2.02. The quantitative estimate of drug-likeness (QED) is 0.838. The van der Waals surface area contributed by atoms with E-state index in [9.17, 15) is 4.79 Å². The van der Waals surface area contributed by atoms with Crippen LogP contribution in [0.1, 0.15) is 19.8 Å². The molecular formula is C15H17N3O2. The number of hydrogen-bond acceptors (Lipinski definition) is 4. The fourth-order valence-electron chi connectivity index (χ4n) is 2.46. The van der Waals surface area contributed by atoms with Crippen molar-refractivity contribution in [2.75, 3.05) is 13.1 Å². The van der Waals surface area contributed by atoms with E-state index in [1.807, 2.05) is 29.2 Å². The van der Waals surface area contributed by atoms with Crippen LogP contribution < -0.4 is 4.74 Å². The van der Waals surface area contributed by atoms with Crippen molar-refractivity contribution in [3.8, 4) is 5.88 Å².